The number of carbonyl (C=O) groups excluding carboxylic acids is 2. The lowest BCUT2D eigenvalue weighted by molar-refractivity contribution is 0.0824. The van der Waals surface area contributed by atoms with E-state index in [0.29, 0.717) is 0 Å². The summed E-state index contributed by atoms with van der Waals surface area (Å²) >= 11 is 0. The summed E-state index contributed by atoms with van der Waals surface area (Å²) in [6.07, 6.45) is 0. The summed E-state index contributed by atoms with van der Waals surface area (Å²) in [5, 5.41) is 7.28. The molecule has 0 atom stereocenters. The van der Waals surface area contributed by atoms with E-state index in [9.17, 15) is 22.4 Å². The van der Waals surface area contributed by atoms with E-state index in [2.05, 4.69) is 15.3 Å². The van der Waals surface area contributed by atoms with E-state index in [1.807, 2.05) is 0 Å². The first-order chi connectivity index (χ1) is 14.0. The van der Waals surface area contributed by atoms with Crippen LogP contribution in [0.4, 0.5) is 20.8 Å². The van der Waals surface area contributed by atoms with Crippen LogP contribution in [-0.4, -0.2) is 63.5 Å². The number of carbonyl (C=O) groups is 2. The molecule has 1 aromatic carbocycles. The van der Waals surface area contributed by atoms with E-state index in [0.717, 1.165) is 23.1 Å². The molecule has 0 saturated carbocycles. The van der Waals surface area contributed by atoms with Crippen molar-refractivity contribution in [3.05, 3.63) is 35.6 Å². The number of methoxy groups -OCH3 is 2. The Morgan fingerprint density at radius 2 is 1.70 bits per heavy atom. The monoisotopic (exact) mass is 442 g/mol. The lowest BCUT2D eigenvalue weighted by Crippen LogP contribution is -2.45. The summed E-state index contributed by atoms with van der Waals surface area (Å²) in [4.78, 5) is 33.9. The number of nitrogens with one attached hydrogen (secondary N) is 1. The van der Waals surface area contributed by atoms with Crippen molar-refractivity contribution in [3.8, 4) is 11.8 Å². The van der Waals surface area contributed by atoms with Gasteiger partial charge in [0, 0.05) is 14.1 Å². The molecule has 0 saturated heterocycles. The van der Waals surface area contributed by atoms with Crippen LogP contribution in [0.15, 0.2) is 24.3 Å². The van der Waals surface area contributed by atoms with E-state index < -0.39 is 39.2 Å². The molecule has 0 aliphatic heterocycles. The first-order valence-corrected chi connectivity index (χ1v) is 9.61. The third-order valence-electron chi connectivity index (χ3n) is 3.59. The predicted molar refractivity (Wildman–Crippen MR) is 104 cm³/mol. The van der Waals surface area contributed by atoms with Gasteiger partial charge < -0.3 is 14.4 Å². The van der Waals surface area contributed by atoms with Crippen LogP contribution >= 0.6 is 0 Å². The molecule has 162 valence electrons. The third kappa shape index (κ3) is 4.90. The fourth-order valence-electron chi connectivity index (χ4n) is 2.29. The van der Waals surface area contributed by atoms with Gasteiger partial charge in [0.05, 0.1) is 26.0 Å². The average molecular weight is 442 g/mol. The van der Waals surface area contributed by atoms with Gasteiger partial charge in [-0.1, -0.05) is 6.07 Å². The minimum absolute atomic E-state index is 0.00790. The van der Waals surface area contributed by atoms with Crippen molar-refractivity contribution >= 4 is 33.8 Å². The van der Waals surface area contributed by atoms with Crippen LogP contribution in [0.1, 0.15) is 10.4 Å². The molecule has 12 nitrogen and oxygen atoms in total. The number of ether oxygens (including phenoxy) is 2. The fraction of sp³-hybridized carbons (Fsp3) is 0.250. The Kier molecular flexibility index (Phi) is 6.73. The topological polar surface area (TPSA) is 157 Å². The highest BCUT2D eigenvalue weighted by molar-refractivity contribution is 7.91. The third-order valence-corrected chi connectivity index (χ3v) is 4.46. The predicted octanol–water partition coefficient (Wildman–Crippen LogP) is 0.577. The summed E-state index contributed by atoms with van der Waals surface area (Å²) < 4.78 is 48.7. The summed E-state index contributed by atoms with van der Waals surface area (Å²) in [5.41, 5.74) is -1.26. The second kappa shape index (κ2) is 8.87. The van der Waals surface area contributed by atoms with Gasteiger partial charge in [-0.3, -0.25) is 10.1 Å². The van der Waals surface area contributed by atoms with Gasteiger partial charge in [0.1, 0.15) is 11.4 Å². The number of urea groups is 1. The summed E-state index contributed by atoms with van der Waals surface area (Å²) in [7, 11) is 0.461. The number of nitrogens with two attached hydrogens (primary N) is 1. The molecule has 0 spiro atoms. The van der Waals surface area contributed by atoms with Crippen LogP contribution in [0, 0.1) is 5.82 Å². The van der Waals surface area contributed by atoms with Gasteiger partial charge in [-0.25, -0.2) is 14.3 Å². The van der Waals surface area contributed by atoms with Crippen molar-refractivity contribution in [1.29, 1.82) is 0 Å². The molecule has 3 amide bonds. The van der Waals surface area contributed by atoms with Crippen LogP contribution in [0.25, 0.3) is 0 Å². The molecule has 30 heavy (non-hydrogen) atoms. The standard InChI is InChI=1S/C16H19FN6O6S/c1-22(2)14(24)13-9(17)6-5-7-10(13)23(30(18,26)27)16(25)21-15-19-11(28-3)8-12(20-15)29-4/h5-8H,1-4H3,(H2,18,26,27)(H,19,20,21,25). The van der Waals surface area contributed by atoms with Crippen molar-refractivity contribution < 1.29 is 31.9 Å². The summed E-state index contributed by atoms with van der Waals surface area (Å²) in [6, 6.07) is 3.05. The minimum Gasteiger partial charge on any atom is -0.481 e. The Labute approximate surface area is 171 Å². The smallest absolute Gasteiger partial charge is 0.343 e. The van der Waals surface area contributed by atoms with E-state index in [4.69, 9.17) is 14.6 Å². The van der Waals surface area contributed by atoms with E-state index >= 15 is 0 Å². The molecule has 0 unspecified atom stereocenters. The van der Waals surface area contributed by atoms with Crippen LogP contribution < -0.4 is 24.2 Å². The maximum Gasteiger partial charge on any atom is 0.343 e. The number of rotatable bonds is 6. The molecule has 0 aliphatic carbocycles. The molecule has 2 rings (SSSR count). The normalized spacial score (nSPS) is 10.9. The van der Waals surface area contributed by atoms with Gasteiger partial charge in [0.2, 0.25) is 17.7 Å². The molecule has 0 bridgehead atoms. The number of nitrogens with zero attached hydrogens (tertiary/aromatic N) is 4. The zero-order valence-electron chi connectivity index (χ0n) is 16.4. The Bertz CT molecular complexity index is 1060. The molecule has 0 radical (unpaired) electrons. The van der Waals surface area contributed by atoms with Gasteiger partial charge in [-0.2, -0.15) is 22.7 Å². The molecule has 0 fully saturated rings. The number of halogens is 1. The van der Waals surface area contributed by atoms with Crippen molar-refractivity contribution in [2.45, 2.75) is 0 Å². The van der Waals surface area contributed by atoms with Gasteiger partial charge in [0.15, 0.2) is 0 Å². The quantitative estimate of drug-likeness (QED) is 0.657. The molecule has 1 aromatic heterocycles. The summed E-state index contributed by atoms with van der Waals surface area (Å²) in [5.74, 6) is -2.31. The average Bonchev–Trinajstić information content (AvgIpc) is 2.66. The molecule has 14 heteroatoms. The number of amides is 3. The maximum absolute atomic E-state index is 14.4. The number of aromatic nitrogens is 2. The van der Waals surface area contributed by atoms with E-state index in [1.54, 1.807) is 0 Å². The number of hydrogen-bond acceptors (Lipinski definition) is 8. The first kappa shape index (κ1) is 22.8. The van der Waals surface area contributed by atoms with E-state index in [-0.39, 0.29) is 22.0 Å². The van der Waals surface area contributed by atoms with Crippen molar-refractivity contribution in [2.24, 2.45) is 5.14 Å². The fourth-order valence-corrected chi connectivity index (χ4v) is 3.00. The van der Waals surface area contributed by atoms with Crippen LogP contribution in [0.2, 0.25) is 0 Å². The molecular formula is C16H19FN6O6S. The summed E-state index contributed by atoms with van der Waals surface area (Å²) in [6.45, 7) is 0. The largest absolute Gasteiger partial charge is 0.481 e. The lowest BCUT2D eigenvalue weighted by Gasteiger charge is -2.23. The van der Waals surface area contributed by atoms with Gasteiger partial charge in [0.25, 0.3) is 5.91 Å². The van der Waals surface area contributed by atoms with Crippen LogP contribution in [0.5, 0.6) is 11.8 Å². The Hall–Kier alpha value is -3.52. The van der Waals surface area contributed by atoms with Gasteiger partial charge >= 0.3 is 16.2 Å². The molecule has 1 heterocycles. The second-order valence-corrected chi connectivity index (χ2v) is 7.24. The number of hydrogen-bond donors (Lipinski definition) is 2. The van der Waals surface area contributed by atoms with Gasteiger partial charge in [-0.15, -0.1) is 0 Å². The number of anilines is 2. The Morgan fingerprint density at radius 3 is 2.17 bits per heavy atom. The first-order valence-electron chi connectivity index (χ1n) is 8.10. The zero-order chi connectivity index (χ0) is 22.6. The molecule has 2 aromatic rings. The lowest BCUT2D eigenvalue weighted by atomic mass is 10.1. The molecule has 0 aliphatic rings. The number of benzene rings is 1. The maximum atomic E-state index is 14.4. The highest BCUT2D eigenvalue weighted by Crippen LogP contribution is 2.27. The molecular weight excluding hydrogens is 423 g/mol. The van der Waals surface area contributed by atoms with Crippen molar-refractivity contribution in [1.82, 2.24) is 14.9 Å². The van der Waals surface area contributed by atoms with Crippen molar-refractivity contribution in [2.75, 3.05) is 37.9 Å². The van der Waals surface area contributed by atoms with Crippen molar-refractivity contribution in [3.63, 3.8) is 0 Å². The van der Waals surface area contributed by atoms with E-state index in [1.165, 1.54) is 34.4 Å². The zero-order valence-corrected chi connectivity index (χ0v) is 17.2. The van der Waals surface area contributed by atoms with Crippen LogP contribution in [-0.2, 0) is 10.2 Å². The minimum atomic E-state index is -4.80. The Balaban J connectivity index is 2.58. The van der Waals surface area contributed by atoms with Gasteiger partial charge in [-0.05, 0) is 12.1 Å². The highest BCUT2D eigenvalue weighted by Gasteiger charge is 2.33. The molecule has 3 N–H and O–H groups in total. The van der Waals surface area contributed by atoms with Crippen LogP contribution in [0.3, 0.4) is 0 Å². The SMILES string of the molecule is COc1cc(OC)nc(NC(=O)N(c2cccc(F)c2C(=O)N(C)C)S(N)(=O)=O)n1. The Morgan fingerprint density at radius 1 is 1.13 bits per heavy atom. The highest BCUT2D eigenvalue weighted by atomic mass is 32.2. The second-order valence-electron chi connectivity index (χ2n) is 5.85.